The Morgan fingerprint density at radius 1 is 1.11 bits per heavy atom. The van der Waals surface area contributed by atoms with Crippen LogP contribution in [0.4, 0.5) is 5.00 Å². The first kappa shape index (κ1) is 24.2. The highest BCUT2D eigenvalue weighted by molar-refractivity contribution is 7.91. The number of nitrogens with one attached hydrogen (secondary N) is 1. The van der Waals surface area contributed by atoms with Gasteiger partial charge in [0.25, 0.3) is 10.0 Å². The third-order valence-electron chi connectivity index (χ3n) is 6.45. The molecule has 1 N–H and O–H groups in total. The molecule has 1 aliphatic heterocycles. The third kappa shape index (κ3) is 4.55. The van der Waals surface area contributed by atoms with Gasteiger partial charge in [-0.1, -0.05) is 30.3 Å². The molecule has 10 heteroatoms. The zero-order valence-corrected chi connectivity index (χ0v) is 21.7. The van der Waals surface area contributed by atoms with Crippen molar-refractivity contribution in [1.29, 1.82) is 0 Å². The second-order valence-electron chi connectivity index (χ2n) is 8.60. The van der Waals surface area contributed by atoms with E-state index in [4.69, 9.17) is 4.74 Å². The van der Waals surface area contributed by atoms with Gasteiger partial charge in [-0.2, -0.15) is 4.31 Å². The molecule has 0 radical (unpaired) electrons. The Kier molecular flexibility index (Phi) is 6.80. The summed E-state index contributed by atoms with van der Waals surface area (Å²) in [7, 11) is -3.88. The fourth-order valence-electron chi connectivity index (χ4n) is 4.77. The van der Waals surface area contributed by atoms with Crippen LogP contribution < -0.4 is 5.32 Å². The van der Waals surface area contributed by atoms with Gasteiger partial charge in [-0.15, -0.1) is 22.7 Å². The van der Waals surface area contributed by atoms with Gasteiger partial charge in [-0.05, 0) is 67.2 Å². The van der Waals surface area contributed by atoms with Gasteiger partial charge in [-0.25, -0.2) is 13.2 Å². The van der Waals surface area contributed by atoms with Crippen molar-refractivity contribution in [3.8, 4) is 0 Å². The number of ether oxygens (including phenoxy) is 1. The molecular formula is C25H26N2O5S3. The van der Waals surface area contributed by atoms with Crippen LogP contribution in [0.2, 0.25) is 0 Å². The fraction of sp³-hybridized carbons (Fsp3) is 0.360. The number of hydrogen-bond donors (Lipinski definition) is 1. The highest BCUT2D eigenvalue weighted by Crippen LogP contribution is 2.39. The molecule has 0 spiro atoms. The molecule has 3 aromatic rings. The molecule has 1 aliphatic carbocycles. The maximum atomic E-state index is 13.7. The van der Waals surface area contributed by atoms with Crippen LogP contribution in [-0.4, -0.2) is 37.2 Å². The van der Waals surface area contributed by atoms with Crippen molar-refractivity contribution in [3.05, 3.63) is 68.9 Å². The Labute approximate surface area is 212 Å². The second kappa shape index (κ2) is 9.85. The van der Waals surface area contributed by atoms with Crippen LogP contribution in [0.15, 0.2) is 46.0 Å². The van der Waals surface area contributed by atoms with Crippen LogP contribution in [0, 0.1) is 0 Å². The minimum absolute atomic E-state index is 0.111. The van der Waals surface area contributed by atoms with Crippen LogP contribution in [0.1, 0.15) is 51.7 Å². The van der Waals surface area contributed by atoms with Gasteiger partial charge in [0, 0.05) is 11.4 Å². The molecule has 2 aromatic heterocycles. The average molecular weight is 531 g/mol. The summed E-state index contributed by atoms with van der Waals surface area (Å²) in [6.45, 7) is 2.10. The van der Waals surface area contributed by atoms with E-state index in [9.17, 15) is 18.0 Å². The molecule has 1 aromatic carbocycles. The normalized spacial score (nSPS) is 17.9. The Hall–Kier alpha value is -2.53. The number of carbonyl (C=O) groups excluding carboxylic acids is 2. The smallest absolute Gasteiger partial charge is 0.341 e. The van der Waals surface area contributed by atoms with E-state index >= 15 is 0 Å². The molecule has 1 unspecified atom stereocenters. The molecule has 184 valence electrons. The lowest BCUT2D eigenvalue weighted by Crippen LogP contribution is -2.50. The van der Waals surface area contributed by atoms with Crippen molar-refractivity contribution in [1.82, 2.24) is 4.31 Å². The van der Waals surface area contributed by atoms with E-state index in [1.807, 2.05) is 24.3 Å². The van der Waals surface area contributed by atoms with Crippen molar-refractivity contribution >= 4 is 49.6 Å². The number of amides is 1. The maximum Gasteiger partial charge on any atom is 0.341 e. The molecule has 3 heterocycles. The van der Waals surface area contributed by atoms with E-state index in [1.54, 1.807) is 24.4 Å². The van der Waals surface area contributed by atoms with E-state index in [0.29, 0.717) is 10.6 Å². The van der Waals surface area contributed by atoms with Crippen molar-refractivity contribution in [2.24, 2.45) is 0 Å². The predicted octanol–water partition coefficient (Wildman–Crippen LogP) is 4.62. The first-order valence-electron chi connectivity index (χ1n) is 11.6. The third-order valence-corrected chi connectivity index (χ3v) is 10.9. The summed E-state index contributed by atoms with van der Waals surface area (Å²) in [5, 5.41) is 5.09. The summed E-state index contributed by atoms with van der Waals surface area (Å²) in [4.78, 5) is 27.6. The number of sulfonamides is 1. The van der Waals surface area contributed by atoms with Crippen LogP contribution in [0.25, 0.3) is 0 Å². The molecule has 0 saturated carbocycles. The maximum absolute atomic E-state index is 13.7. The molecule has 35 heavy (non-hydrogen) atoms. The number of carbonyl (C=O) groups is 2. The van der Waals surface area contributed by atoms with Gasteiger partial charge in [0.15, 0.2) is 0 Å². The number of benzene rings is 1. The first-order valence-corrected chi connectivity index (χ1v) is 14.8. The largest absolute Gasteiger partial charge is 0.462 e. The minimum Gasteiger partial charge on any atom is -0.462 e. The highest BCUT2D eigenvalue weighted by atomic mass is 32.2. The summed E-state index contributed by atoms with van der Waals surface area (Å²) < 4.78 is 33.8. The number of aryl methyl sites for hydroxylation is 1. The summed E-state index contributed by atoms with van der Waals surface area (Å²) >= 11 is 2.53. The zero-order valence-electron chi connectivity index (χ0n) is 19.3. The van der Waals surface area contributed by atoms with E-state index in [0.717, 1.165) is 58.6 Å². The van der Waals surface area contributed by atoms with E-state index < -0.39 is 27.9 Å². The SMILES string of the molecule is CCOC(=O)c1c(NC(=O)C2Cc3ccccc3CN2S(=O)(=O)c2cccs2)sc2c1CCCC2. The monoisotopic (exact) mass is 530 g/mol. The number of hydrogen-bond acceptors (Lipinski definition) is 7. The Morgan fingerprint density at radius 3 is 2.63 bits per heavy atom. The number of thiophene rings is 2. The van der Waals surface area contributed by atoms with Gasteiger partial charge in [0.1, 0.15) is 15.3 Å². The van der Waals surface area contributed by atoms with E-state index in [2.05, 4.69) is 5.32 Å². The zero-order chi connectivity index (χ0) is 24.6. The lowest BCUT2D eigenvalue weighted by atomic mass is 9.94. The molecule has 2 aliphatic rings. The van der Waals surface area contributed by atoms with Crippen LogP contribution in [0.3, 0.4) is 0 Å². The number of rotatable bonds is 6. The highest BCUT2D eigenvalue weighted by Gasteiger charge is 2.41. The standard InChI is InChI=1S/C25H26N2O5S3/c1-2-32-25(29)22-18-10-5-6-11-20(18)34-24(22)26-23(28)19-14-16-8-3-4-9-17(16)15-27(19)35(30,31)21-12-7-13-33-21/h3-4,7-9,12-13,19H,2,5-6,10-11,14-15H2,1H3,(H,26,28). The van der Waals surface area contributed by atoms with Crippen LogP contribution in [0.5, 0.6) is 0 Å². The van der Waals surface area contributed by atoms with Gasteiger partial charge >= 0.3 is 5.97 Å². The molecule has 0 bridgehead atoms. The van der Waals surface area contributed by atoms with Crippen molar-refractivity contribution in [3.63, 3.8) is 0 Å². The van der Waals surface area contributed by atoms with Crippen LogP contribution in [-0.2, 0) is 45.4 Å². The van der Waals surface area contributed by atoms with Crippen LogP contribution >= 0.6 is 22.7 Å². The average Bonchev–Trinajstić information content (AvgIpc) is 3.52. The Morgan fingerprint density at radius 2 is 1.89 bits per heavy atom. The first-order chi connectivity index (χ1) is 16.9. The molecule has 1 atom stereocenters. The van der Waals surface area contributed by atoms with Gasteiger partial charge in [-0.3, -0.25) is 4.79 Å². The quantitative estimate of drug-likeness (QED) is 0.470. The number of nitrogens with zero attached hydrogens (tertiary/aromatic N) is 1. The number of anilines is 1. The van der Waals surface area contributed by atoms with Gasteiger partial charge in [0.2, 0.25) is 5.91 Å². The summed E-state index contributed by atoms with van der Waals surface area (Å²) in [6, 6.07) is 9.89. The summed E-state index contributed by atoms with van der Waals surface area (Å²) in [6.07, 6.45) is 3.90. The predicted molar refractivity (Wildman–Crippen MR) is 137 cm³/mol. The van der Waals surface area contributed by atoms with Gasteiger partial charge < -0.3 is 10.1 Å². The lowest BCUT2D eigenvalue weighted by molar-refractivity contribution is -0.120. The molecule has 1 amide bonds. The topological polar surface area (TPSA) is 92.8 Å². The molecule has 0 saturated heterocycles. The Balaban J connectivity index is 1.51. The summed E-state index contributed by atoms with van der Waals surface area (Å²) in [5.41, 5.74) is 3.20. The fourth-order valence-corrected chi connectivity index (χ4v) is 8.73. The Bertz CT molecular complexity index is 1360. The molecule has 7 nitrogen and oxygen atoms in total. The lowest BCUT2D eigenvalue weighted by Gasteiger charge is -2.34. The molecule has 0 fully saturated rings. The van der Waals surface area contributed by atoms with E-state index in [-0.39, 0.29) is 23.8 Å². The minimum atomic E-state index is -3.88. The second-order valence-corrected chi connectivity index (χ2v) is 12.8. The van der Waals surface area contributed by atoms with E-state index in [1.165, 1.54) is 15.6 Å². The molecule has 5 rings (SSSR count). The van der Waals surface area contributed by atoms with Crippen molar-refractivity contribution in [2.45, 2.75) is 55.8 Å². The van der Waals surface area contributed by atoms with Crippen molar-refractivity contribution in [2.75, 3.05) is 11.9 Å². The van der Waals surface area contributed by atoms with Gasteiger partial charge in [0.05, 0.1) is 12.2 Å². The number of esters is 1. The molecular weight excluding hydrogens is 504 g/mol. The number of fused-ring (bicyclic) bond motifs is 2. The van der Waals surface area contributed by atoms with Crippen molar-refractivity contribution < 1.29 is 22.7 Å². The summed E-state index contributed by atoms with van der Waals surface area (Å²) in [5.74, 6) is -0.886.